The summed E-state index contributed by atoms with van der Waals surface area (Å²) in [4.78, 5) is 25.8. The van der Waals surface area contributed by atoms with Gasteiger partial charge in [0.05, 0.1) is 12.5 Å². The van der Waals surface area contributed by atoms with Crippen molar-refractivity contribution in [3.05, 3.63) is 77.9 Å². The van der Waals surface area contributed by atoms with E-state index in [1.165, 1.54) is 0 Å². The molecule has 0 aliphatic heterocycles. The molecule has 1 fully saturated rings. The van der Waals surface area contributed by atoms with Crippen molar-refractivity contribution in [3.8, 4) is 5.75 Å². The molecule has 2 N–H and O–H groups in total. The average molecular weight is 388 g/mol. The van der Waals surface area contributed by atoms with Crippen molar-refractivity contribution in [1.29, 1.82) is 0 Å². The van der Waals surface area contributed by atoms with Crippen molar-refractivity contribution in [2.45, 2.75) is 24.3 Å². The first kappa shape index (κ1) is 19.0. The Kier molecular flexibility index (Phi) is 4.97. The zero-order valence-electron chi connectivity index (χ0n) is 16.6. The highest BCUT2D eigenvalue weighted by Crippen LogP contribution is 2.49. The van der Waals surface area contributed by atoms with E-state index in [0.717, 1.165) is 40.5 Å². The van der Waals surface area contributed by atoms with E-state index in [2.05, 4.69) is 10.6 Å². The van der Waals surface area contributed by atoms with Gasteiger partial charge in [-0.05, 0) is 52.9 Å². The molecule has 1 unspecified atom stereocenters. The molecule has 0 spiro atoms. The Bertz CT molecular complexity index is 1060. The summed E-state index contributed by atoms with van der Waals surface area (Å²) in [7, 11) is 3.20. The minimum atomic E-state index is -0.743. The lowest BCUT2D eigenvalue weighted by Crippen LogP contribution is -2.43. The Morgan fingerprint density at radius 2 is 1.66 bits per heavy atom. The van der Waals surface area contributed by atoms with Gasteiger partial charge in [0.15, 0.2) is 0 Å². The van der Waals surface area contributed by atoms with Crippen LogP contribution in [0.15, 0.2) is 66.7 Å². The van der Waals surface area contributed by atoms with E-state index in [4.69, 9.17) is 4.74 Å². The number of likely N-dealkylation sites (N-methyl/N-ethyl adjacent to an activating group) is 1. The fourth-order valence-electron chi connectivity index (χ4n) is 3.78. The Labute approximate surface area is 170 Å². The molecule has 0 radical (unpaired) electrons. The largest absolute Gasteiger partial charge is 0.497 e. The van der Waals surface area contributed by atoms with Crippen LogP contribution in [0.25, 0.3) is 10.8 Å². The van der Waals surface area contributed by atoms with E-state index in [-0.39, 0.29) is 11.8 Å². The van der Waals surface area contributed by atoms with Gasteiger partial charge in [-0.2, -0.15) is 0 Å². The second kappa shape index (κ2) is 7.59. The minimum Gasteiger partial charge on any atom is -0.497 e. The number of rotatable bonds is 6. The number of carbonyl (C=O) groups excluding carboxylic acids is 2. The molecule has 1 atom stereocenters. The molecule has 0 bridgehead atoms. The topological polar surface area (TPSA) is 67.4 Å². The highest BCUT2D eigenvalue weighted by molar-refractivity contribution is 5.96. The maximum absolute atomic E-state index is 13.2. The standard InChI is InChI=1S/C24H24N2O3/c1-25-22(27)21(18-8-7-16-5-3-4-6-17(16)15-18)26-23(28)24(13-14-24)19-9-11-20(29-2)12-10-19/h3-12,15,21H,13-14H2,1-2H3,(H,25,27)(H,26,28). The van der Waals surface area contributed by atoms with Crippen LogP contribution < -0.4 is 15.4 Å². The Morgan fingerprint density at radius 1 is 0.966 bits per heavy atom. The molecule has 2 amide bonds. The van der Waals surface area contributed by atoms with E-state index >= 15 is 0 Å². The monoisotopic (exact) mass is 388 g/mol. The van der Waals surface area contributed by atoms with Gasteiger partial charge in [-0.1, -0.05) is 48.5 Å². The van der Waals surface area contributed by atoms with Gasteiger partial charge in [-0.3, -0.25) is 9.59 Å². The van der Waals surface area contributed by atoms with E-state index in [1.807, 2.05) is 66.7 Å². The number of methoxy groups -OCH3 is 1. The first-order chi connectivity index (χ1) is 14.1. The van der Waals surface area contributed by atoms with Gasteiger partial charge >= 0.3 is 0 Å². The van der Waals surface area contributed by atoms with Crippen LogP contribution in [0.5, 0.6) is 5.75 Å². The second-order valence-corrected chi connectivity index (χ2v) is 7.44. The summed E-state index contributed by atoms with van der Waals surface area (Å²) in [5.41, 5.74) is 1.14. The van der Waals surface area contributed by atoms with Gasteiger partial charge in [0, 0.05) is 7.05 Å². The van der Waals surface area contributed by atoms with E-state index < -0.39 is 11.5 Å². The fourth-order valence-corrected chi connectivity index (χ4v) is 3.78. The number of fused-ring (bicyclic) bond motifs is 1. The highest BCUT2D eigenvalue weighted by atomic mass is 16.5. The lowest BCUT2D eigenvalue weighted by atomic mass is 9.93. The number of carbonyl (C=O) groups is 2. The van der Waals surface area contributed by atoms with Crippen molar-refractivity contribution >= 4 is 22.6 Å². The van der Waals surface area contributed by atoms with Crippen LogP contribution >= 0.6 is 0 Å². The van der Waals surface area contributed by atoms with Crippen molar-refractivity contribution in [2.24, 2.45) is 0 Å². The molecule has 0 saturated heterocycles. The quantitative estimate of drug-likeness (QED) is 0.679. The van der Waals surface area contributed by atoms with E-state index in [1.54, 1.807) is 14.2 Å². The Hall–Kier alpha value is -3.34. The molecule has 5 nitrogen and oxygen atoms in total. The predicted molar refractivity (Wildman–Crippen MR) is 113 cm³/mol. The number of nitrogens with one attached hydrogen (secondary N) is 2. The lowest BCUT2D eigenvalue weighted by Gasteiger charge is -2.22. The Balaban J connectivity index is 1.62. The smallest absolute Gasteiger partial charge is 0.246 e. The van der Waals surface area contributed by atoms with Gasteiger partial charge in [0.25, 0.3) is 0 Å². The van der Waals surface area contributed by atoms with Crippen LogP contribution in [0.1, 0.15) is 30.0 Å². The summed E-state index contributed by atoms with van der Waals surface area (Å²) >= 11 is 0. The predicted octanol–water partition coefficient (Wildman–Crippen LogP) is 3.48. The van der Waals surface area contributed by atoms with Crippen LogP contribution in [0, 0.1) is 0 Å². The molecular weight excluding hydrogens is 364 g/mol. The zero-order chi connectivity index (χ0) is 20.4. The molecular formula is C24H24N2O3. The van der Waals surface area contributed by atoms with Gasteiger partial charge < -0.3 is 15.4 Å². The number of hydrogen-bond acceptors (Lipinski definition) is 3. The van der Waals surface area contributed by atoms with Crippen molar-refractivity contribution < 1.29 is 14.3 Å². The number of benzene rings is 3. The third-order valence-corrected chi connectivity index (χ3v) is 5.72. The summed E-state index contributed by atoms with van der Waals surface area (Å²) in [6.45, 7) is 0. The summed E-state index contributed by atoms with van der Waals surface area (Å²) in [5, 5.41) is 7.79. The number of amides is 2. The van der Waals surface area contributed by atoms with Crippen molar-refractivity contribution in [3.63, 3.8) is 0 Å². The van der Waals surface area contributed by atoms with Crippen LogP contribution in [0.3, 0.4) is 0 Å². The van der Waals surface area contributed by atoms with Gasteiger partial charge in [-0.25, -0.2) is 0 Å². The first-order valence-corrected chi connectivity index (χ1v) is 9.73. The molecule has 1 saturated carbocycles. The van der Waals surface area contributed by atoms with Crippen LogP contribution in [-0.4, -0.2) is 26.0 Å². The van der Waals surface area contributed by atoms with Crippen LogP contribution in [-0.2, 0) is 15.0 Å². The molecule has 4 rings (SSSR count). The molecule has 148 valence electrons. The molecule has 3 aromatic rings. The maximum atomic E-state index is 13.2. The molecule has 0 aromatic heterocycles. The normalized spacial score (nSPS) is 15.4. The molecule has 0 heterocycles. The molecule has 29 heavy (non-hydrogen) atoms. The number of hydrogen-bond donors (Lipinski definition) is 2. The summed E-state index contributed by atoms with van der Waals surface area (Å²) in [6.07, 6.45) is 1.53. The van der Waals surface area contributed by atoms with E-state index in [9.17, 15) is 9.59 Å². The Morgan fingerprint density at radius 3 is 2.28 bits per heavy atom. The lowest BCUT2D eigenvalue weighted by molar-refractivity contribution is -0.130. The molecule has 5 heteroatoms. The van der Waals surface area contributed by atoms with Gasteiger partial charge in [0.1, 0.15) is 11.8 Å². The third-order valence-electron chi connectivity index (χ3n) is 5.72. The minimum absolute atomic E-state index is 0.121. The summed E-state index contributed by atoms with van der Waals surface area (Å²) < 4.78 is 5.21. The van der Waals surface area contributed by atoms with Gasteiger partial charge in [0.2, 0.25) is 11.8 Å². The molecule has 1 aliphatic carbocycles. The maximum Gasteiger partial charge on any atom is 0.246 e. The average Bonchev–Trinajstić information content (AvgIpc) is 3.58. The van der Waals surface area contributed by atoms with E-state index in [0.29, 0.717) is 0 Å². The van der Waals surface area contributed by atoms with Gasteiger partial charge in [-0.15, -0.1) is 0 Å². The van der Waals surface area contributed by atoms with Crippen LogP contribution in [0.2, 0.25) is 0 Å². The first-order valence-electron chi connectivity index (χ1n) is 9.73. The molecule has 3 aromatic carbocycles. The summed E-state index contributed by atoms with van der Waals surface area (Å²) in [5.74, 6) is 0.396. The fraction of sp³-hybridized carbons (Fsp3) is 0.250. The highest BCUT2D eigenvalue weighted by Gasteiger charge is 2.52. The number of ether oxygens (including phenoxy) is 1. The zero-order valence-corrected chi connectivity index (χ0v) is 16.6. The third kappa shape index (κ3) is 3.56. The van der Waals surface area contributed by atoms with Crippen LogP contribution in [0.4, 0.5) is 0 Å². The molecule has 1 aliphatic rings. The SMILES string of the molecule is CNC(=O)C(NC(=O)C1(c2ccc(OC)cc2)CC1)c1ccc2ccccc2c1. The van der Waals surface area contributed by atoms with Crippen molar-refractivity contribution in [1.82, 2.24) is 10.6 Å². The summed E-state index contributed by atoms with van der Waals surface area (Å²) in [6, 6.07) is 20.6. The second-order valence-electron chi connectivity index (χ2n) is 7.44. The van der Waals surface area contributed by atoms with Crippen molar-refractivity contribution in [2.75, 3.05) is 14.2 Å².